The van der Waals surface area contributed by atoms with E-state index in [2.05, 4.69) is 4.99 Å². The first-order valence-electron chi connectivity index (χ1n) is 8.99. The summed E-state index contributed by atoms with van der Waals surface area (Å²) in [6.45, 7) is 0.417. The Labute approximate surface area is 169 Å². The van der Waals surface area contributed by atoms with Crippen molar-refractivity contribution in [2.75, 3.05) is 14.2 Å². The van der Waals surface area contributed by atoms with Crippen molar-refractivity contribution in [2.45, 2.75) is 6.61 Å². The predicted octanol–water partition coefficient (Wildman–Crippen LogP) is 4.10. The molecule has 3 aromatic carbocycles. The molecule has 0 bridgehead atoms. The molecule has 6 nitrogen and oxygen atoms in total. The van der Waals surface area contributed by atoms with E-state index >= 15 is 0 Å². The second-order valence-electron chi connectivity index (χ2n) is 6.14. The molecule has 29 heavy (non-hydrogen) atoms. The first-order valence-corrected chi connectivity index (χ1v) is 8.99. The molecule has 148 valence electrons. The molecule has 2 N–H and O–H groups in total. The lowest BCUT2D eigenvalue weighted by Gasteiger charge is -2.12. The van der Waals surface area contributed by atoms with Crippen molar-refractivity contribution in [1.82, 2.24) is 0 Å². The van der Waals surface area contributed by atoms with Crippen LogP contribution in [0.4, 0.5) is 5.69 Å². The highest BCUT2D eigenvalue weighted by Gasteiger charge is 2.14. The van der Waals surface area contributed by atoms with Gasteiger partial charge in [0.2, 0.25) is 0 Å². The lowest BCUT2D eigenvalue weighted by atomic mass is 10.1. The summed E-state index contributed by atoms with van der Waals surface area (Å²) in [7, 11) is 2.80. The third-order valence-electron chi connectivity index (χ3n) is 4.24. The summed E-state index contributed by atoms with van der Waals surface area (Å²) in [5, 5.41) is 0. The first kappa shape index (κ1) is 19.9. The Balaban J connectivity index is 1.87. The minimum atomic E-state index is -0.510. The molecule has 0 fully saturated rings. The molecule has 0 atom stereocenters. The van der Waals surface area contributed by atoms with Gasteiger partial charge in [-0.1, -0.05) is 42.5 Å². The van der Waals surface area contributed by atoms with Crippen molar-refractivity contribution in [3.63, 3.8) is 0 Å². The third-order valence-corrected chi connectivity index (χ3v) is 4.24. The predicted molar refractivity (Wildman–Crippen MR) is 112 cm³/mol. The largest absolute Gasteiger partial charge is 0.496 e. The zero-order chi connectivity index (χ0) is 20.6. The average molecular weight is 390 g/mol. The highest BCUT2D eigenvalue weighted by Crippen LogP contribution is 2.26. The Morgan fingerprint density at radius 1 is 0.897 bits per heavy atom. The SMILES string of the molecule is COC(=O)c1cc(/N=C(/N)c2ccccc2OCc2ccccc2)ccc1OC. The number of carbonyl (C=O) groups excluding carboxylic acids is 1. The van der Waals surface area contributed by atoms with E-state index in [0.29, 0.717) is 29.4 Å². The van der Waals surface area contributed by atoms with Gasteiger partial charge in [0.05, 0.1) is 25.5 Å². The van der Waals surface area contributed by atoms with Crippen LogP contribution in [0.3, 0.4) is 0 Å². The highest BCUT2D eigenvalue weighted by molar-refractivity contribution is 6.02. The number of nitrogens with zero attached hydrogens (tertiary/aromatic N) is 1. The van der Waals surface area contributed by atoms with E-state index in [-0.39, 0.29) is 11.4 Å². The molecule has 3 rings (SSSR count). The van der Waals surface area contributed by atoms with Crippen molar-refractivity contribution in [1.29, 1.82) is 0 Å². The number of para-hydroxylation sites is 1. The summed E-state index contributed by atoms with van der Waals surface area (Å²) in [5.41, 5.74) is 8.74. The maximum atomic E-state index is 12.0. The van der Waals surface area contributed by atoms with Crippen molar-refractivity contribution < 1.29 is 19.0 Å². The second-order valence-corrected chi connectivity index (χ2v) is 6.14. The molecule has 0 aliphatic heterocycles. The topological polar surface area (TPSA) is 83.1 Å². The molecule has 0 saturated heterocycles. The molecule has 0 amide bonds. The molecule has 0 aliphatic rings. The summed E-state index contributed by atoms with van der Waals surface area (Å²) in [6.07, 6.45) is 0. The van der Waals surface area contributed by atoms with Gasteiger partial charge in [0.15, 0.2) is 0 Å². The first-order chi connectivity index (χ1) is 14.1. The van der Waals surface area contributed by atoms with Crippen molar-refractivity contribution in [3.05, 3.63) is 89.5 Å². The van der Waals surface area contributed by atoms with E-state index in [4.69, 9.17) is 19.9 Å². The molecule has 0 spiro atoms. The summed E-state index contributed by atoms with van der Waals surface area (Å²) < 4.78 is 15.9. The number of rotatable bonds is 7. The number of carbonyl (C=O) groups is 1. The number of esters is 1. The van der Waals surface area contributed by atoms with Gasteiger partial charge in [-0.3, -0.25) is 0 Å². The van der Waals surface area contributed by atoms with Crippen LogP contribution in [-0.4, -0.2) is 26.0 Å². The van der Waals surface area contributed by atoms with Gasteiger partial charge in [0.1, 0.15) is 29.5 Å². The summed E-state index contributed by atoms with van der Waals surface area (Å²) >= 11 is 0. The quantitative estimate of drug-likeness (QED) is 0.373. The van der Waals surface area contributed by atoms with Gasteiger partial charge in [-0.05, 0) is 35.9 Å². The Morgan fingerprint density at radius 3 is 2.34 bits per heavy atom. The van der Waals surface area contributed by atoms with Crippen LogP contribution in [-0.2, 0) is 11.3 Å². The molecule has 0 heterocycles. The number of nitrogens with two attached hydrogens (primary N) is 1. The van der Waals surface area contributed by atoms with Crippen LogP contribution >= 0.6 is 0 Å². The zero-order valence-corrected chi connectivity index (χ0v) is 16.3. The minimum absolute atomic E-state index is 0.273. The lowest BCUT2D eigenvalue weighted by Crippen LogP contribution is -2.14. The van der Waals surface area contributed by atoms with Gasteiger partial charge in [0, 0.05) is 0 Å². The molecular formula is C23H22N2O4. The minimum Gasteiger partial charge on any atom is -0.496 e. The van der Waals surface area contributed by atoms with Crippen LogP contribution in [0, 0.1) is 0 Å². The number of amidine groups is 1. The summed E-state index contributed by atoms with van der Waals surface area (Å²) in [5.74, 6) is 0.791. The van der Waals surface area contributed by atoms with Gasteiger partial charge < -0.3 is 19.9 Å². The smallest absolute Gasteiger partial charge is 0.341 e. The van der Waals surface area contributed by atoms with E-state index in [9.17, 15) is 4.79 Å². The number of benzene rings is 3. The van der Waals surface area contributed by atoms with Crippen molar-refractivity contribution >= 4 is 17.5 Å². The van der Waals surface area contributed by atoms with Crippen LogP contribution in [0.5, 0.6) is 11.5 Å². The van der Waals surface area contributed by atoms with Crippen LogP contribution < -0.4 is 15.2 Å². The number of hydrogen-bond acceptors (Lipinski definition) is 5. The van der Waals surface area contributed by atoms with E-state index in [1.54, 1.807) is 18.2 Å². The summed E-state index contributed by atoms with van der Waals surface area (Å²) in [6, 6.07) is 22.2. The number of methoxy groups -OCH3 is 2. The lowest BCUT2D eigenvalue weighted by molar-refractivity contribution is 0.0597. The van der Waals surface area contributed by atoms with Crippen LogP contribution in [0.15, 0.2) is 77.8 Å². The van der Waals surface area contributed by atoms with Crippen LogP contribution in [0.25, 0.3) is 0 Å². The molecular weight excluding hydrogens is 368 g/mol. The van der Waals surface area contributed by atoms with E-state index in [0.717, 1.165) is 5.56 Å². The molecule has 3 aromatic rings. The molecule has 0 saturated carbocycles. The molecule has 0 unspecified atom stereocenters. The van der Waals surface area contributed by atoms with Gasteiger partial charge in [-0.25, -0.2) is 9.79 Å². The fourth-order valence-electron chi connectivity index (χ4n) is 2.77. The fourth-order valence-corrected chi connectivity index (χ4v) is 2.77. The fraction of sp³-hybridized carbons (Fsp3) is 0.130. The Kier molecular flexibility index (Phi) is 6.47. The van der Waals surface area contributed by atoms with E-state index < -0.39 is 5.97 Å². The van der Waals surface area contributed by atoms with Gasteiger partial charge in [-0.15, -0.1) is 0 Å². The molecule has 0 radical (unpaired) electrons. The normalized spacial score (nSPS) is 11.0. The molecule has 0 aromatic heterocycles. The third kappa shape index (κ3) is 4.93. The zero-order valence-electron chi connectivity index (χ0n) is 16.3. The van der Waals surface area contributed by atoms with Crippen molar-refractivity contribution in [2.24, 2.45) is 10.7 Å². The Morgan fingerprint density at radius 2 is 1.62 bits per heavy atom. The highest BCUT2D eigenvalue weighted by atomic mass is 16.5. The van der Waals surface area contributed by atoms with Gasteiger partial charge >= 0.3 is 5.97 Å². The summed E-state index contributed by atoms with van der Waals surface area (Å²) in [4.78, 5) is 16.4. The molecule has 0 aliphatic carbocycles. The maximum Gasteiger partial charge on any atom is 0.341 e. The van der Waals surface area contributed by atoms with Crippen LogP contribution in [0.2, 0.25) is 0 Å². The Bertz CT molecular complexity index is 1020. The standard InChI is InChI=1S/C23H22N2O4/c1-27-20-13-12-17(14-19(20)23(26)28-2)25-22(24)18-10-6-7-11-21(18)29-15-16-8-4-3-5-9-16/h3-14H,15H2,1-2H3,(H2,24,25). The number of hydrogen-bond donors (Lipinski definition) is 1. The number of aliphatic imine (C=N–C) groups is 1. The maximum absolute atomic E-state index is 12.0. The van der Waals surface area contributed by atoms with Gasteiger partial charge in [-0.2, -0.15) is 0 Å². The van der Waals surface area contributed by atoms with E-state index in [1.165, 1.54) is 14.2 Å². The van der Waals surface area contributed by atoms with Crippen molar-refractivity contribution in [3.8, 4) is 11.5 Å². The van der Waals surface area contributed by atoms with Gasteiger partial charge in [0.25, 0.3) is 0 Å². The second kappa shape index (κ2) is 9.41. The van der Waals surface area contributed by atoms with E-state index in [1.807, 2.05) is 54.6 Å². The molecule has 6 heteroatoms. The average Bonchev–Trinajstić information content (AvgIpc) is 2.78. The number of ether oxygens (including phenoxy) is 3. The Hall–Kier alpha value is -3.80. The monoisotopic (exact) mass is 390 g/mol. The van der Waals surface area contributed by atoms with Crippen LogP contribution in [0.1, 0.15) is 21.5 Å².